The van der Waals surface area contributed by atoms with E-state index in [2.05, 4.69) is 45.7 Å². The highest BCUT2D eigenvalue weighted by Crippen LogP contribution is 2.43. The second kappa shape index (κ2) is 7.58. The molecule has 1 aromatic carbocycles. The summed E-state index contributed by atoms with van der Waals surface area (Å²) in [6.07, 6.45) is 0.874. The average molecular weight is 404 g/mol. The Bertz CT molecular complexity index is 414. The van der Waals surface area contributed by atoms with E-state index in [1.807, 2.05) is 0 Å². The van der Waals surface area contributed by atoms with Crippen molar-refractivity contribution >= 4 is 44.3 Å². The largest absolute Gasteiger partial charge is 0.503 e. The highest BCUT2D eigenvalue weighted by atomic mass is 79.9. The van der Waals surface area contributed by atoms with Gasteiger partial charge in [0.15, 0.2) is 11.5 Å². The van der Waals surface area contributed by atoms with Crippen LogP contribution in [0.2, 0.25) is 0 Å². The monoisotopic (exact) mass is 401 g/mol. The van der Waals surface area contributed by atoms with Crippen molar-refractivity contribution in [3.63, 3.8) is 0 Å². The van der Waals surface area contributed by atoms with Gasteiger partial charge in [0, 0.05) is 10.5 Å². The minimum absolute atomic E-state index is 0. The summed E-state index contributed by atoms with van der Waals surface area (Å²) in [6, 6.07) is 1.69. The number of ether oxygens (including phenoxy) is 1. The highest BCUT2D eigenvalue weighted by molar-refractivity contribution is 9.13. The predicted octanol–water partition coefficient (Wildman–Crippen LogP) is 4.39. The molecule has 0 aromatic heterocycles. The van der Waals surface area contributed by atoms with Gasteiger partial charge in [-0.3, -0.25) is 0 Å². The Morgan fingerprint density at radius 1 is 1.33 bits per heavy atom. The van der Waals surface area contributed by atoms with Crippen molar-refractivity contribution < 1.29 is 9.84 Å². The number of benzene rings is 1. The number of phenolic OH excluding ortho intramolecular Hbond substituents is 1. The molecule has 0 amide bonds. The maximum absolute atomic E-state index is 9.82. The Kier molecular flexibility index (Phi) is 7.59. The van der Waals surface area contributed by atoms with Gasteiger partial charge in [-0.05, 0) is 55.8 Å². The zero-order chi connectivity index (χ0) is 13.2. The van der Waals surface area contributed by atoms with Gasteiger partial charge < -0.3 is 15.6 Å². The second-order valence-electron chi connectivity index (χ2n) is 4.38. The minimum atomic E-state index is -0.0878. The average Bonchev–Trinajstić information content (AvgIpc) is 2.25. The Morgan fingerprint density at radius 3 is 2.33 bits per heavy atom. The standard InChI is InChI=1S/C12H17Br2NO2.ClH/c1-6(2)4-8(15)7-5-9(17-3)12(16)11(14)10(7)13;/h5-6,8,16H,4,15H2,1-3H3;1H/t8-;/m0./s1. The molecule has 0 fully saturated rings. The van der Waals surface area contributed by atoms with Crippen molar-refractivity contribution in [2.45, 2.75) is 26.3 Å². The van der Waals surface area contributed by atoms with Crippen molar-refractivity contribution in [1.82, 2.24) is 0 Å². The van der Waals surface area contributed by atoms with Crippen LogP contribution in [-0.2, 0) is 0 Å². The first-order valence-corrected chi connectivity index (χ1v) is 6.97. The molecule has 3 N–H and O–H groups in total. The second-order valence-corrected chi connectivity index (χ2v) is 5.97. The molecule has 0 unspecified atom stereocenters. The third kappa shape index (κ3) is 4.02. The van der Waals surface area contributed by atoms with Gasteiger partial charge in [0.25, 0.3) is 0 Å². The third-order valence-electron chi connectivity index (χ3n) is 2.52. The van der Waals surface area contributed by atoms with E-state index in [0.29, 0.717) is 16.1 Å². The van der Waals surface area contributed by atoms with Gasteiger partial charge in [0.05, 0.1) is 11.6 Å². The molecular formula is C12H18Br2ClNO2. The van der Waals surface area contributed by atoms with Gasteiger partial charge >= 0.3 is 0 Å². The summed E-state index contributed by atoms with van der Waals surface area (Å²) in [4.78, 5) is 0. The molecule has 1 aromatic rings. The molecule has 1 atom stereocenters. The highest BCUT2D eigenvalue weighted by Gasteiger charge is 2.19. The Labute approximate surface area is 131 Å². The van der Waals surface area contributed by atoms with Crippen LogP contribution in [0.5, 0.6) is 11.5 Å². The molecule has 0 radical (unpaired) electrons. The number of phenols is 1. The fourth-order valence-electron chi connectivity index (χ4n) is 1.67. The Balaban J connectivity index is 0.00000289. The fraction of sp³-hybridized carbons (Fsp3) is 0.500. The molecule has 0 saturated carbocycles. The van der Waals surface area contributed by atoms with Gasteiger partial charge in [-0.2, -0.15) is 0 Å². The molecule has 6 heteroatoms. The lowest BCUT2D eigenvalue weighted by Crippen LogP contribution is -2.14. The molecule has 18 heavy (non-hydrogen) atoms. The maximum Gasteiger partial charge on any atom is 0.173 e. The lowest BCUT2D eigenvalue weighted by atomic mass is 9.97. The van der Waals surface area contributed by atoms with E-state index in [0.717, 1.165) is 16.5 Å². The summed E-state index contributed by atoms with van der Waals surface area (Å²) in [5.41, 5.74) is 7.08. The van der Waals surface area contributed by atoms with Crippen molar-refractivity contribution in [2.75, 3.05) is 7.11 Å². The molecule has 3 nitrogen and oxygen atoms in total. The number of rotatable bonds is 4. The van der Waals surface area contributed by atoms with Crippen LogP contribution in [0.15, 0.2) is 15.0 Å². The van der Waals surface area contributed by atoms with Crippen molar-refractivity contribution in [3.05, 3.63) is 20.6 Å². The Hall–Kier alpha value is 0.0300. The number of hydrogen-bond donors (Lipinski definition) is 2. The lowest BCUT2D eigenvalue weighted by molar-refractivity contribution is 0.370. The zero-order valence-electron chi connectivity index (χ0n) is 10.5. The number of hydrogen-bond acceptors (Lipinski definition) is 3. The topological polar surface area (TPSA) is 55.5 Å². The molecule has 0 spiro atoms. The SMILES string of the molecule is COc1cc([C@@H](N)CC(C)C)c(Br)c(Br)c1O.Cl. The predicted molar refractivity (Wildman–Crippen MR) is 83.7 cm³/mol. The molecule has 104 valence electrons. The van der Waals surface area contributed by atoms with Gasteiger partial charge in [0.2, 0.25) is 0 Å². The van der Waals surface area contributed by atoms with Crippen LogP contribution in [0.1, 0.15) is 31.9 Å². The maximum atomic E-state index is 9.82. The van der Waals surface area contributed by atoms with E-state index in [9.17, 15) is 5.11 Å². The summed E-state index contributed by atoms with van der Waals surface area (Å²) in [7, 11) is 1.52. The third-order valence-corrected chi connectivity index (χ3v) is 4.68. The van der Waals surface area contributed by atoms with Crippen LogP contribution < -0.4 is 10.5 Å². The van der Waals surface area contributed by atoms with Crippen molar-refractivity contribution in [2.24, 2.45) is 11.7 Å². The van der Waals surface area contributed by atoms with Crippen LogP contribution in [0, 0.1) is 5.92 Å². The molecule has 0 aliphatic rings. The van der Waals surface area contributed by atoms with E-state index < -0.39 is 0 Å². The molecule has 0 saturated heterocycles. The van der Waals surface area contributed by atoms with E-state index in [1.165, 1.54) is 7.11 Å². The zero-order valence-corrected chi connectivity index (χ0v) is 14.5. The van der Waals surface area contributed by atoms with E-state index in [4.69, 9.17) is 10.5 Å². The summed E-state index contributed by atoms with van der Waals surface area (Å²) >= 11 is 6.77. The normalized spacial score (nSPS) is 12.2. The minimum Gasteiger partial charge on any atom is -0.503 e. The molecule has 0 bridgehead atoms. The summed E-state index contributed by atoms with van der Waals surface area (Å²) in [5.74, 6) is 1.02. The first-order chi connectivity index (χ1) is 7.88. The molecule has 0 heterocycles. The molecule has 0 aliphatic carbocycles. The summed E-state index contributed by atoms with van der Waals surface area (Å²) < 4.78 is 6.48. The van der Waals surface area contributed by atoms with Crippen LogP contribution >= 0.6 is 44.3 Å². The van der Waals surface area contributed by atoms with Gasteiger partial charge in [-0.25, -0.2) is 0 Å². The van der Waals surface area contributed by atoms with Crippen LogP contribution in [0.3, 0.4) is 0 Å². The van der Waals surface area contributed by atoms with E-state index >= 15 is 0 Å². The summed E-state index contributed by atoms with van der Waals surface area (Å²) in [6.45, 7) is 4.25. The quantitative estimate of drug-likeness (QED) is 0.784. The number of aromatic hydroxyl groups is 1. The molecular weight excluding hydrogens is 385 g/mol. The Morgan fingerprint density at radius 2 is 1.89 bits per heavy atom. The smallest absolute Gasteiger partial charge is 0.173 e. The number of methoxy groups -OCH3 is 1. The first-order valence-electron chi connectivity index (χ1n) is 5.38. The van der Waals surface area contributed by atoms with Crippen LogP contribution in [0.25, 0.3) is 0 Å². The van der Waals surface area contributed by atoms with Crippen LogP contribution in [0.4, 0.5) is 0 Å². The number of nitrogens with two attached hydrogens (primary N) is 1. The molecule has 1 rings (SSSR count). The van der Waals surface area contributed by atoms with Gasteiger partial charge in [-0.15, -0.1) is 12.4 Å². The van der Waals surface area contributed by atoms with E-state index in [1.54, 1.807) is 6.07 Å². The lowest BCUT2D eigenvalue weighted by Gasteiger charge is -2.19. The number of halogens is 3. The fourth-order valence-corrected chi connectivity index (χ4v) is 2.69. The summed E-state index contributed by atoms with van der Waals surface area (Å²) in [5, 5.41) is 9.82. The van der Waals surface area contributed by atoms with Gasteiger partial charge in [-0.1, -0.05) is 13.8 Å². The van der Waals surface area contributed by atoms with Crippen molar-refractivity contribution in [3.8, 4) is 11.5 Å². The molecule has 0 aliphatic heterocycles. The van der Waals surface area contributed by atoms with E-state index in [-0.39, 0.29) is 24.2 Å². The first kappa shape index (κ1) is 18.0. The van der Waals surface area contributed by atoms with Crippen molar-refractivity contribution in [1.29, 1.82) is 0 Å². The van der Waals surface area contributed by atoms with Gasteiger partial charge in [0.1, 0.15) is 0 Å². The van der Waals surface area contributed by atoms with Crippen LogP contribution in [-0.4, -0.2) is 12.2 Å².